The fourth-order valence-corrected chi connectivity index (χ4v) is 3.16. The maximum atomic E-state index is 12.8. The summed E-state index contributed by atoms with van der Waals surface area (Å²) in [5.74, 6) is 0.0908. The third-order valence-electron chi connectivity index (χ3n) is 4.40. The zero-order valence-electron chi connectivity index (χ0n) is 15.5. The van der Waals surface area contributed by atoms with Crippen molar-refractivity contribution in [2.24, 2.45) is 0 Å². The first-order chi connectivity index (χ1) is 14.5. The van der Waals surface area contributed by atoms with Crippen LogP contribution in [0.2, 0.25) is 10.0 Å². The molecule has 0 fully saturated rings. The minimum absolute atomic E-state index is 0.161. The second-order valence-electron chi connectivity index (χ2n) is 6.49. The van der Waals surface area contributed by atoms with Gasteiger partial charge in [0.05, 0.1) is 10.9 Å². The van der Waals surface area contributed by atoms with Gasteiger partial charge >= 0.3 is 0 Å². The lowest BCUT2D eigenvalue weighted by Gasteiger charge is -2.09. The first-order valence-electron chi connectivity index (χ1n) is 8.99. The van der Waals surface area contributed by atoms with Gasteiger partial charge in [-0.15, -0.1) is 0 Å². The summed E-state index contributed by atoms with van der Waals surface area (Å²) in [6.45, 7) is -0.193. The molecule has 30 heavy (non-hydrogen) atoms. The topological polar surface area (TPSA) is 68.5 Å². The quantitative estimate of drug-likeness (QED) is 0.427. The number of hydrogen-bond acceptors (Lipinski definition) is 4. The van der Waals surface area contributed by atoms with E-state index in [-0.39, 0.29) is 17.9 Å². The second-order valence-corrected chi connectivity index (χ2v) is 7.36. The van der Waals surface area contributed by atoms with Gasteiger partial charge in [-0.3, -0.25) is 9.59 Å². The van der Waals surface area contributed by atoms with E-state index >= 15 is 0 Å². The Bertz CT molecular complexity index is 1270. The first kappa shape index (κ1) is 20.0. The van der Waals surface area contributed by atoms with E-state index in [4.69, 9.17) is 32.4 Å². The van der Waals surface area contributed by atoms with Gasteiger partial charge in [-0.05, 0) is 54.1 Å². The van der Waals surface area contributed by atoms with Crippen LogP contribution in [0.1, 0.15) is 0 Å². The van der Waals surface area contributed by atoms with Crippen molar-refractivity contribution in [1.82, 2.24) is 0 Å². The number of ether oxygens (including phenoxy) is 1. The van der Waals surface area contributed by atoms with Gasteiger partial charge in [-0.25, -0.2) is 0 Å². The van der Waals surface area contributed by atoms with Crippen LogP contribution in [-0.4, -0.2) is 12.5 Å². The fourth-order valence-electron chi connectivity index (χ4n) is 2.91. The molecule has 1 amide bonds. The van der Waals surface area contributed by atoms with Gasteiger partial charge in [0.15, 0.2) is 12.0 Å². The Hall–Kier alpha value is -3.28. The summed E-state index contributed by atoms with van der Waals surface area (Å²) >= 11 is 11.7. The van der Waals surface area contributed by atoms with Gasteiger partial charge in [0.25, 0.3) is 5.91 Å². The van der Waals surface area contributed by atoms with Gasteiger partial charge < -0.3 is 14.5 Å². The van der Waals surface area contributed by atoms with Crippen molar-refractivity contribution in [3.8, 4) is 16.9 Å². The standard InChI is InChI=1S/C23H15Cl2NO4/c24-15-3-1-14(2-4-15)20-12-30-21-11-18(9-10-19(21)23(20)28)29-13-22(27)26-17-7-5-16(25)6-8-17/h1-12H,13H2,(H,26,27). The summed E-state index contributed by atoms with van der Waals surface area (Å²) < 4.78 is 11.2. The normalized spacial score (nSPS) is 10.7. The summed E-state index contributed by atoms with van der Waals surface area (Å²) in [5, 5.41) is 4.30. The zero-order chi connectivity index (χ0) is 21.1. The molecule has 4 aromatic rings. The highest BCUT2D eigenvalue weighted by Gasteiger charge is 2.11. The van der Waals surface area contributed by atoms with Gasteiger partial charge in [-0.2, -0.15) is 0 Å². The Morgan fingerprint density at radius 1 is 0.933 bits per heavy atom. The highest BCUT2D eigenvalue weighted by molar-refractivity contribution is 6.30. The van der Waals surface area contributed by atoms with Gasteiger partial charge in [0, 0.05) is 21.8 Å². The average Bonchev–Trinajstić information content (AvgIpc) is 2.75. The number of amides is 1. The van der Waals surface area contributed by atoms with E-state index in [1.165, 1.54) is 6.26 Å². The molecule has 0 atom stereocenters. The van der Waals surface area contributed by atoms with Gasteiger partial charge in [0.1, 0.15) is 17.6 Å². The average molecular weight is 440 g/mol. The minimum Gasteiger partial charge on any atom is -0.484 e. The fraction of sp³-hybridized carbons (Fsp3) is 0.0435. The molecule has 1 aromatic heterocycles. The largest absolute Gasteiger partial charge is 0.484 e. The van der Waals surface area contributed by atoms with Crippen LogP contribution in [0.25, 0.3) is 22.1 Å². The predicted molar refractivity (Wildman–Crippen MR) is 119 cm³/mol. The SMILES string of the molecule is O=C(COc1ccc2c(=O)c(-c3ccc(Cl)cc3)coc2c1)Nc1ccc(Cl)cc1. The molecular formula is C23H15Cl2NO4. The summed E-state index contributed by atoms with van der Waals surface area (Å²) in [4.78, 5) is 24.9. The molecule has 0 saturated heterocycles. The number of hydrogen-bond donors (Lipinski definition) is 1. The molecule has 4 rings (SSSR count). The second kappa shape index (κ2) is 8.61. The van der Waals surface area contributed by atoms with E-state index < -0.39 is 0 Å². The van der Waals surface area contributed by atoms with E-state index in [1.54, 1.807) is 66.7 Å². The third kappa shape index (κ3) is 4.48. The number of benzene rings is 3. The molecule has 0 bridgehead atoms. The Morgan fingerprint density at radius 2 is 1.60 bits per heavy atom. The Labute approximate surface area is 181 Å². The van der Waals surface area contributed by atoms with Crippen molar-refractivity contribution in [3.63, 3.8) is 0 Å². The number of nitrogens with one attached hydrogen (secondary N) is 1. The van der Waals surface area contributed by atoms with Crippen LogP contribution in [0.4, 0.5) is 5.69 Å². The zero-order valence-corrected chi connectivity index (χ0v) is 17.0. The van der Waals surface area contributed by atoms with Crippen LogP contribution in [0, 0.1) is 0 Å². The van der Waals surface area contributed by atoms with Crippen molar-refractivity contribution in [1.29, 1.82) is 0 Å². The summed E-state index contributed by atoms with van der Waals surface area (Å²) in [7, 11) is 0. The highest BCUT2D eigenvalue weighted by atomic mass is 35.5. The Balaban J connectivity index is 1.49. The number of carbonyl (C=O) groups is 1. The number of anilines is 1. The van der Waals surface area contributed by atoms with E-state index in [0.717, 1.165) is 0 Å². The van der Waals surface area contributed by atoms with Gasteiger partial charge in [-0.1, -0.05) is 35.3 Å². The maximum Gasteiger partial charge on any atom is 0.262 e. The number of fused-ring (bicyclic) bond motifs is 1. The smallest absolute Gasteiger partial charge is 0.262 e. The third-order valence-corrected chi connectivity index (χ3v) is 4.90. The van der Waals surface area contributed by atoms with Crippen LogP contribution >= 0.6 is 23.2 Å². The van der Waals surface area contributed by atoms with E-state index in [1.807, 2.05) is 0 Å². The first-order valence-corrected chi connectivity index (χ1v) is 9.75. The molecule has 150 valence electrons. The molecule has 0 radical (unpaired) electrons. The van der Waals surface area contributed by atoms with Crippen molar-refractivity contribution < 1.29 is 13.9 Å². The molecule has 7 heteroatoms. The van der Waals surface area contributed by atoms with Crippen molar-refractivity contribution in [2.45, 2.75) is 0 Å². The molecule has 0 aliphatic heterocycles. The molecule has 0 unspecified atom stereocenters. The van der Waals surface area contributed by atoms with Crippen LogP contribution in [0.3, 0.4) is 0 Å². The Morgan fingerprint density at radius 3 is 2.30 bits per heavy atom. The summed E-state index contributed by atoms with van der Waals surface area (Å²) in [6.07, 6.45) is 1.41. The molecule has 5 nitrogen and oxygen atoms in total. The lowest BCUT2D eigenvalue weighted by molar-refractivity contribution is -0.118. The molecule has 0 saturated carbocycles. The number of halogens is 2. The van der Waals surface area contributed by atoms with E-state index in [0.29, 0.717) is 43.6 Å². The lowest BCUT2D eigenvalue weighted by atomic mass is 10.1. The predicted octanol–water partition coefficient (Wildman–Crippen LogP) is 5.78. The lowest BCUT2D eigenvalue weighted by Crippen LogP contribution is -2.20. The van der Waals surface area contributed by atoms with Crippen molar-refractivity contribution in [3.05, 3.63) is 93.3 Å². The van der Waals surface area contributed by atoms with Crippen LogP contribution in [-0.2, 0) is 4.79 Å². The van der Waals surface area contributed by atoms with Crippen molar-refractivity contribution in [2.75, 3.05) is 11.9 Å². The molecule has 1 heterocycles. The Kier molecular flexibility index (Phi) is 5.74. The number of carbonyl (C=O) groups excluding carboxylic acids is 1. The van der Waals surface area contributed by atoms with Gasteiger partial charge in [0.2, 0.25) is 0 Å². The van der Waals surface area contributed by atoms with Crippen LogP contribution < -0.4 is 15.5 Å². The van der Waals surface area contributed by atoms with Crippen LogP contribution in [0.5, 0.6) is 5.75 Å². The highest BCUT2D eigenvalue weighted by Crippen LogP contribution is 2.24. The maximum absolute atomic E-state index is 12.8. The molecule has 3 aromatic carbocycles. The molecular weight excluding hydrogens is 425 g/mol. The minimum atomic E-state index is -0.322. The van der Waals surface area contributed by atoms with Crippen LogP contribution in [0.15, 0.2) is 82.2 Å². The molecule has 1 N–H and O–H groups in total. The van der Waals surface area contributed by atoms with E-state index in [9.17, 15) is 9.59 Å². The van der Waals surface area contributed by atoms with E-state index in [2.05, 4.69) is 5.32 Å². The molecule has 0 aliphatic carbocycles. The summed E-state index contributed by atoms with van der Waals surface area (Å²) in [5.41, 5.74) is 1.98. The number of rotatable bonds is 5. The molecule has 0 aliphatic rings. The van der Waals surface area contributed by atoms with Crippen molar-refractivity contribution >= 4 is 45.8 Å². The summed E-state index contributed by atoms with van der Waals surface area (Å²) in [6, 6.07) is 18.5. The molecule has 0 spiro atoms. The monoisotopic (exact) mass is 439 g/mol.